The predicted octanol–water partition coefficient (Wildman–Crippen LogP) is 5.09. The van der Waals surface area contributed by atoms with E-state index < -0.39 is 4.92 Å². The highest BCUT2D eigenvalue weighted by Gasteiger charge is 2.09. The van der Waals surface area contributed by atoms with Gasteiger partial charge in [0, 0.05) is 27.7 Å². The fourth-order valence-corrected chi connectivity index (χ4v) is 2.82. The van der Waals surface area contributed by atoms with Crippen LogP contribution in [0.4, 0.5) is 5.69 Å². The molecule has 3 aromatic rings. The van der Waals surface area contributed by atoms with Gasteiger partial charge in [-0.25, -0.2) is 5.43 Å². The highest BCUT2D eigenvalue weighted by Crippen LogP contribution is 2.16. The van der Waals surface area contributed by atoms with Crippen molar-refractivity contribution in [2.45, 2.75) is 13.5 Å². The highest BCUT2D eigenvalue weighted by molar-refractivity contribution is 9.10. The first-order valence-electron chi connectivity index (χ1n) is 8.99. The second-order valence-electron chi connectivity index (χ2n) is 6.39. The molecule has 8 heteroatoms. The number of rotatable bonds is 7. The molecule has 0 atom stereocenters. The lowest BCUT2D eigenvalue weighted by atomic mass is 10.1. The van der Waals surface area contributed by atoms with Crippen LogP contribution in [0.5, 0.6) is 5.75 Å². The molecule has 0 aliphatic rings. The molecule has 0 spiro atoms. The molecule has 7 nitrogen and oxygen atoms in total. The van der Waals surface area contributed by atoms with Crippen LogP contribution < -0.4 is 10.2 Å². The van der Waals surface area contributed by atoms with E-state index >= 15 is 0 Å². The van der Waals surface area contributed by atoms with Crippen molar-refractivity contribution in [3.63, 3.8) is 0 Å². The maximum atomic E-state index is 12.3. The first-order valence-corrected chi connectivity index (χ1v) is 9.78. The van der Waals surface area contributed by atoms with Crippen LogP contribution in [-0.4, -0.2) is 16.5 Å². The van der Waals surface area contributed by atoms with Crippen molar-refractivity contribution >= 4 is 33.2 Å². The van der Waals surface area contributed by atoms with Crippen molar-refractivity contribution in [3.8, 4) is 5.75 Å². The van der Waals surface area contributed by atoms with Crippen molar-refractivity contribution in [2.24, 2.45) is 5.10 Å². The number of amides is 1. The van der Waals surface area contributed by atoms with Crippen LogP contribution in [0.3, 0.4) is 0 Å². The first kappa shape index (κ1) is 21.2. The average molecular weight is 468 g/mol. The molecule has 0 aromatic heterocycles. The third kappa shape index (κ3) is 5.74. The van der Waals surface area contributed by atoms with Gasteiger partial charge >= 0.3 is 0 Å². The van der Waals surface area contributed by atoms with E-state index in [0.717, 1.165) is 10.0 Å². The quantitative estimate of drug-likeness (QED) is 0.297. The summed E-state index contributed by atoms with van der Waals surface area (Å²) in [6.45, 7) is 2.09. The molecular weight excluding hydrogens is 450 g/mol. The Morgan fingerprint density at radius 3 is 2.43 bits per heavy atom. The Kier molecular flexibility index (Phi) is 6.92. The average Bonchev–Trinajstić information content (AvgIpc) is 2.77. The van der Waals surface area contributed by atoms with Gasteiger partial charge in [0.1, 0.15) is 12.4 Å². The maximum Gasteiger partial charge on any atom is 0.271 e. The zero-order valence-corrected chi connectivity index (χ0v) is 17.6. The Morgan fingerprint density at radius 1 is 1.07 bits per heavy atom. The molecule has 0 fully saturated rings. The molecule has 1 amide bonds. The summed E-state index contributed by atoms with van der Waals surface area (Å²) in [4.78, 5) is 22.7. The van der Waals surface area contributed by atoms with Crippen LogP contribution in [0.1, 0.15) is 28.4 Å². The summed E-state index contributed by atoms with van der Waals surface area (Å²) in [5, 5.41) is 14.9. The number of halogens is 1. The number of non-ortho nitro benzene ring substituents is 1. The van der Waals surface area contributed by atoms with E-state index in [9.17, 15) is 14.9 Å². The minimum Gasteiger partial charge on any atom is -0.489 e. The summed E-state index contributed by atoms with van der Waals surface area (Å²) in [6, 6.07) is 20.6. The van der Waals surface area contributed by atoms with E-state index in [-0.39, 0.29) is 11.6 Å². The predicted molar refractivity (Wildman–Crippen MR) is 118 cm³/mol. The minimum absolute atomic E-state index is 0.0351. The van der Waals surface area contributed by atoms with Gasteiger partial charge in [-0.05, 0) is 48.9 Å². The van der Waals surface area contributed by atoms with E-state index in [4.69, 9.17) is 4.74 Å². The molecule has 0 saturated heterocycles. The standard InChI is InChI=1S/C22H18BrN3O4/c1-15(18-3-2-4-20(13-18)26(28)29)24-25-22(27)17-7-11-21(12-8-17)30-14-16-5-9-19(23)10-6-16/h2-13H,14H2,1H3,(H,25,27)/b24-15-. The van der Waals surface area contributed by atoms with Gasteiger partial charge in [-0.3, -0.25) is 14.9 Å². The van der Waals surface area contributed by atoms with Gasteiger partial charge in [0.05, 0.1) is 10.6 Å². The van der Waals surface area contributed by atoms with Crippen molar-refractivity contribution in [2.75, 3.05) is 0 Å². The Hall–Kier alpha value is -3.52. The molecule has 0 bridgehead atoms. The highest BCUT2D eigenvalue weighted by atomic mass is 79.9. The maximum absolute atomic E-state index is 12.3. The molecule has 0 radical (unpaired) electrons. The van der Waals surface area contributed by atoms with Crippen molar-refractivity contribution < 1.29 is 14.5 Å². The Balaban J connectivity index is 1.58. The summed E-state index contributed by atoms with van der Waals surface area (Å²) in [7, 11) is 0. The van der Waals surface area contributed by atoms with Gasteiger partial charge in [-0.1, -0.05) is 40.2 Å². The van der Waals surface area contributed by atoms with E-state index in [1.54, 1.807) is 43.3 Å². The minimum atomic E-state index is -0.476. The summed E-state index contributed by atoms with van der Waals surface area (Å²) in [5.74, 6) is 0.255. The van der Waals surface area contributed by atoms with Crippen molar-refractivity contribution in [1.29, 1.82) is 0 Å². The fourth-order valence-electron chi connectivity index (χ4n) is 2.56. The first-order chi connectivity index (χ1) is 14.4. The van der Waals surface area contributed by atoms with Crippen LogP contribution in [0, 0.1) is 10.1 Å². The second kappa shape index (κ2) is 9.80. The van der Waals surface area contributed by atoms with Crippen LogP contribution in [0.2, 0.25) is 0 Å². The number of hydrogen-bond donors (Lipinski definition) is 1. The lowest BCUT2D eigenvalue weighted by Crippen LogP contribution is -2.19. The van der Waals surface area contributed by atoms with E-state index in [1.165, 1.54) is 12.1 Å². The number of nitrogens with zero attached hydrogens (tertiary/aromatic N) is 2. The van der Waals surface area contributed by atoms with Crippen molar-refractivity contribution in [1.82, 2.24) is 5.43 Å². The van der Waals surface area contributed by atoms with Gasteiger partial charge in [0.2, 0.25) is 0 Å². The zero-order valence-electron chi connectivity index (χ0n) is 16.0. The molecule has 0 heterocycles. The van der Waals surface area contributed by atoms with Gasteiger partial charge in [-0.2, -0.15) is 5.10 Å². The van der Waals surface area contributed by atoms with Crippen LogP contribution in [-0.2, 0) is 6.61 Å². The number of nitrogens with one attached hydrogen (secondary N) is 1. The summed E-state index contributed by atoms with van der Waals surface area (Å²) >= 11 is 3.39. The number of hydrazone groups is 1. The topological polar surface area (TPSA) is 93.8 Å². The Morgan fingerprint density at radius 2 is 1.77 bits per heavy atom. The molecule has 30 heavy (non-hydrogen) atoms. The van der Waals surface area contributed by atoms with E-state index in [2.05, 4.69) is 26.5 Å². The molecular formula is C22H18BrN3O4. The summed E-state index contributed by atoms with van der Waals surface area (Å²) in [6.07, 6.45) is 0. The number of ether oxygens (including phenoxy) is 1. The summed E-state index contributed by atoms with van der Waals surface area (Å²) in [5.41, 5.74) is 4.90. The van der Waals surface area contributed by atoms with Crippen molar-refractivity contribution in [3.05, 3.63) is 104 Å². The lowest BCUT2D eigenvalue weighted by molar-refractivity contribution is -0.384. The third-order valence-corrected chi connectivity index (χ3v) is 4.76. The lowest BCUT2D eigenvalue weighted by Gasteiger charge is -2.07. The molecule has 0 aliphatic carbocycles. The molecule has 0 saturated carbocycles. The molecule has 0 aliphatic heterocycles. The molecule has 152 valence electrons. The van der Waals surface area contributed by atoms with Gasteiger partial charge < -0.3 is 4.74 Å². The number of carbonyl (C=O) groups excluding carboxylic acids is 1. The monoisotopic (exact) mass is 467 g/mol. The molecule has 1 N–H and O–H groups in total. The second-order valence-corrected chi connectivity index (χ2v) is 7.30. The molecule has 3 aromatic carbocycles. The zero-order chi connectivity index (χ0) is 21.5. The van der Waals surface area contributed by atoms with Gasteiger partial charge in [0.25, 0.3) is 11.6 Å². The van der Waals surface area contributed by atoms with Gasteiger partial charge in [-0.15, -0.1) is 0 Å². The number of benzene rings is 3. The van der Waals surface area contributed by atoms with Crippen LogP contribution >= 0.6 is 15.9 Å². The molecule has 3 rings (SSSR count). The number of nitro benzene ring substituents is 1. The molecule has 0 unspecified atom stereocenters. The third-order valence-electron chi connectivity index (χ3n) is 4.24. The largest absolute Gasteiger partial charge is 0.489 e. The Labute approximate surface area is 181 Å². The van der Waals surface area contributed by atoms with E-state index in [0.29, 0.717) is 29.2 Å². The number of nitro groups is 1. The fraction of sp³-hybridized carbons (Fsp3) is 0.0909. The smallest absolute Gasteiger partial charge is 0.271 e. The van der Waals surface area contributed by atoms with Crippen LogP contribution in [0.15, 0.2) is 82.4 Å². The van der Waals surface area contributed by atoms with Crippen LogP contribution in [0.25, 0.3) is 0 Å². The SMILES string of the molecule is C/C(=N/NC(=O)c1ccc(OCc2ccc(Br)cc2)cc1)c1cccc([N+](=O)[O-])c1. The number of carbonyl (C=O) groups is 1. The van der Waals surface area contributed by atoms with E-state index in [1.807, 2.05) is 24.3 Å². The van der Waals surface area contributed by atoms with Gasteiger partial charge in [0.15, 0.2) is 0 Å². The summed E-state index contributed by atoms with van der Waals surface area (Å²) < 4.78 is 6.73. The number of hydrogen-bond acceptors (Lipinski definition) is 5. The normalized spacial score (nSPS) is 11.1. The Bertz CT molecular complexity index is 1080.